The fourth-order valence-electron chi connectivity index (χ4n) is 1.55. The molecule has 0 aliphatic carbocycles. The SMILES string of the molecule is O=C(CCS(=O)(=O)c1ccc(Br)s1)Nc1ccc(Br)cc1. The number of benzene rings is 1. The number of sulfone groups is 1. The number of hydrogen-bond donors (Lipinski definition) is 1. The Morgan fingerprint density at radius 2 is 1.76 bits per heavy atom. The van der Waals surface area contributed by atoms with Gasteiger partial charge in [-0.25, -0.2) is 8.42 Å². The molecule has 0 bridgehead atoms. The van der Waals surface area contributed by atoms with Crippen molar-refractivity contribution in [2.75, 3.05) is 11.1 Å². The van der Waals surface area contributed by atoms with Crippen LogP contribution in [0.5, 0.6) is 0 Å². The molecule has 8 heteroatoms. The predicted octanol–water partition coefficient (Wildman–Crippen LogP) is 4.08. The van der Waals surface area contributed by atoms with Gasteiger partial charge in [0, 0.05) is 16.6 Å². The Balaban J connectivity index is 1.93. The Kier molecular flexibility index (Phi) is 5.59. The van der Waals surface area contributed by atoms with Gasteiger partial charge in [0.15, 0.2) is 9.84 Å². The molecule has 2 aromatic rings. The maximum Gasteiger partial charge on any atom is 0.225 e. The molecule has 0 fully saturated rings. The molecule has 0 saturated carbocycles. The molecule has 112 valence electrons. The second-order valence-corrected chi connectivity index (χ2v) is 9.90. The first kappa shape index (κ1) is 16.7. The first-order valence-corrected chi connectivity index (χ1v) is 9.96. The third-order valence-corrected chi connectivity index (χ3v) is 7.03. The van der Waals surface area contributed by atoms with Gasteiger partial charge in [0.25, 0.3) is 0 Å². The zero-order chi connectivity index (χ0) is 15.5. The van der Waals surface area contributed by atoms with E-state index in [2.05, 4.69) is 37.2 Å². The summed E-state index contributed by atoms with van der Waals surface area (Å²) in [6.07, 6.45) is -0.0755. The molecule has 0 unspecified atom stereocenters. The van der Waals surface area contributed by atoms with Crippen LogP contribution in [0.1, 0.15) is 6.42 Å². The number of nitrogens with one attached hydrogen (secondary N) is 1. The van der Waals surface area contributed by atoms with Crippen LogP contribution in [-0.4, -0.2) is 20.1 Å². The monoisotopic (exact) mass is 451 g/mol. The number of rotatable bonds is 5. The van der Waals surface area contributed by atoms with E-state index in [-0.39, 0.29) is 22.3 Å². The van der Waals surface area contributed by atoms with Crippen LogP contribution in [0.15, 0.2) is 48.9 Å². The smallest absolute Gasteiger partial charge is 0.225 e. The summed E-state index contributed by atoms with van der Waals surface area (Å²) in [5.41, 5.74) is 0.638. The first-order chi connectivity index (χ1) is 9.87. The van der Waals surface area contributed by atoms with Crippen LogP contribution in [0.4, 0.5) is 5.69 Å². The van der Waals surface area contributed by atoms with Gasteiger partial charge in [-0.2, -0.15) is 0 Å². The summed E-state index contributed by atoms with van der Waals surface area (Å²) in [5, 5.41) is 2.67. The fraction of sp³-hybridized carbons (Fsp3) is 0.154. The van der Waals surface area contributed by atoms with Crippen molar-refractivity contribution in [2.24, 2.45) is 0 Å². The lowest BCUT2D eigenvalue weighted by Crippen LogP contribution is -2.16. The van der Waals surface area contributed by atoms with Crippen molar-refractivity contribution in [3.05, 3.63) is 44.7 Å². The van der Waals surface area contributed by atoms with Gasteiger partial charge < -0.3 is 5.32 Å². The third-order valence-electron chi connectivity index (χ3n) is 2.58. The van der Waals surface area contributed by atoms with E-state index in [9.17, 15) is 13.2 Å². The number of carbonyl (C=O) groups excluding carboxylic acids is 1. The van der Waals surface area contributed by atoms with Gasteiger partial charge in [0.05, 0.1) is 9.54 Å². The lowest BCUT2D eigenvalue weighted by Gasteiger charge is -2.05. The van der Waals surface area contributed by atoms with Crippen LogP contribution < -0.4 is 5.32 Å². The second kappa shape index (κ2) is 7.04. The molecule has 1 aromatic carbocycles. The Morgan fingerprint density at radius 3 is 2.33 bits per heavy atom. The summed E-state index contributed by atoms with van der Waals surface area (Å²) in [4.78, 5) is 11.8. The summed E-state index contributed by atoms with van der Waals surface area (Å²) in [5.74, 6) is -0.529. The van der Waals surface area contributed by atoms with Crippen molar-refractivity contribution in [2.45, 2.75) is 10.6 Å². The largest absolute Gasteiger partial charge is 0.326 e. The third kappa shape index (κ3) is 4.91. The molecule has 1 amide bonds. The number of hydrogen-bond acceptors (Lipinski definition) is 4. The van der Waals surface area contributed by atoms with E-state index >= 15 is 0 Å². The maximum atomic E-state index is 12.1. The van der Waals surface area contributed by atoms with Gasteiger partial charge in [-0.1, -0.05) is 15.9 Å². The molecule has 1 N–H and O–H groups in total. The van der Waals surface area contributed by atoms with Gasteiger partial charge in [0.1, 0.15) is 4.21 Å². The van der Waals surface area contributed by atoms with Crippen molar-refractivity contribution in [1.82, 2.24) is 0 Å². The lowest BCUT2D eigenvalue weighted by atomic mass is 10.3. The quantitative estimate of drug-likeness (QED) is 0.743. The highest BCUT2D eigenvalue weighted by atomic mass is 79.9. The molecule has 1 aromatic heterocycles. The van der Waals surface area contributed by atoms with Crippen molar-refractivity contribution < 1.29 is 13.2 Å². The average molecular weight is 453 g/mol. The van der Waals surface area contributed by atoms with Crippen LogP contribution in [0.25, 0.3) is 0 Å². The van der Waals surface area contributed by atoms with Gasteiger partial charge >= 0.3 is 0 Å². The highest BCUT2D eigenvalue weighted by Crippen LogP contribution is 2.27. The molecule has 2 rings (SSSR count). The van der Waals surface area contributed by atoms with E-state index in [1.54, 1.807) is 30.3 Å². The van der Waals surface area contributed by atoms with Crippen molar-refractivity contribution in [3.63, 3.8) is 0 Å². The molecule has 0 aliphatic rings. The Bertz CT molecular complexity index is 739. The topological polar surface area (TPSA) is 63.2 Å². The minimum atomic E-state index is -3.41. The summed E-state index contributed by atoms with van der Waals surface area (Å²) in [7, 11) is -3.41. The van der Waals surface area contributed by atoms with Crippen molar-refractivity contribution in [1.29, 1.82) is 0 Å². The number of amides is 1. The van der Waals surface area contributed by atoms with Crippen LogP contribution >= 0.6 is 43.2 Å². The number of halogens is 2. The van der Waals surface area contributed by atoms with Crippen LogP contribution in [0, 0.1) is 0 Å². The molecular formula is C13H11Br2NO3S2. The van der Waals surface area contributed by atoms with E-state index in [1.807, 2.05) is 0 Å². The summed E-state index contributed by atoms with van der Waals surface area (Å²) >= 11 is 7.67. The van der Waals surface area contributed by atoms with E-state index < -0.39 is 9.84 Å². The van der Waals surface area contributed by atoms with Crippen LogP contribution in [0.2, 0.25) is 0 Å². The summed E-state index contributed by atoms with van der Waals surface area (Å²) in [6.45, 7) is 0. The highest BCUT2D eigenvalue weighted by Gasteiger charge is 2.18. The molecule has 21 heavy (non-hydrogen) atoms. The maximum absolute atomic E-state index is 12.1. The molecular weight excluding hydrogens is 442 g/mol. The molecule has 1 heterocycles. The van der Waals surface area contributed by atoms with Gasteiger partial charge in [-0.15, -0.1) is 11.3 Å². The van der Waals surface area contributed by atoms with Crippen LogP contribution in [0.3, 0.4) is 0 Å². The normalized spacial score (nSPS) is 11.3. The molecule has 0 aliphatic heterocycles. The number of anilines is 1. The van der Waals surface area contributed by atoms with E-state index in [0.29, 0.717) is 5.69 Å². The van der Waals surface area contributed by atoms with Crippen LogP contribution in [-0.2, 0) is 14.6 Å². The van der Waals surface area contributed by atoms with Gasteiger partial charge in [-0.05, 0) is 52.3 Å². The highest BCUT2D eigenvalue weighted by molar-refractivity contribution is 9.11. The molecule has 0 atom stereocenters. The van der Waals surface area contributed by atoms with Gasteiger partial charge in [-0.3, -0.25) is 4.79 Å². The molecule has 4 nitrogen and oxygen atoms in total. The van der Waals surface area contributed by atoms with Crippen molar-refractivity contribution in [3.8, 4) is 0 Å². The Hall–Kier alpha value is -0.700. The minimum absolute atomic E-state index is 0.0755. The average Bonchev–Trinajstić information content (AvgIpc) is 2.87. The molecule has 0 radical (unpaired) electrons. The summed E-state index contributed by atoms with van der Waals surface area (Å²) < 4.78 is 26.0. The lowest BCUT2D eigenvalue weighted by molar-refractivity contribution is -0.115. The molecule has 0 spiro atoms. The zero-order valence-electron chi connectivity index (χ0n) is 10.7. The number of thiophene rings is 1. The second-order valence-electron chi connectivity index (χ2n) is 4.18. The first-order valence-electron chi connectivity index (χ1n) is 5.90. The van der Waals surface area contributed by atoms with Gasteiger partial charge in [0.2, 0.25) is 5.91 Å². The Labute approximate surface area is 143 Å². The van der Waals surface area contributed by atoms with E-state index in [0.717, 1.165) is 19.6 Å². The predicted molar refractivity (Wildman–Crippen MR) is 91.5 cm³/mol. The minimum Gasteiger partial charge on any atom is -0.326 e. The fourth-order valence-corrected chi connectivity index (χ4v) is 5.21. The number of carbonyl (C=O) groups is 1. The standard InChI is InChI=1S/C13H11Br2NO3S2/c14-9-1-3-10(4-2-9)16-12(17)7-8-21(18,19)13-6-5-11(15)20-13/h1-6H,7-8H2,(H,16,17). The Morgan fingerprint density at radius 1 is 1.10 bits per heavy atom. The van der Waals surface area contributed by atoms with E-state index in [4.69, 9.17) is 0 Å². The van der Waals surface area contributed by atoms with Crippen molar-refractivity contribution >= 4 is 64.6 Å². The molecule has 0 saturated heterocycles. The van der Waals surface area contributed by atoms with E-state index in [1.165, 1.54) is 6.07 Å². The summed E-state index contributed by atoms with van der Waals surface area (Å²) in [6, 6.07) is 10.3. The zero-order valence-corrected chi connectivity index (χ0v) is 15.5.